The molecule has 0 fully saturated rings. The molecular weight excluding hydrogens is 334 g/mol. The van der Waals surface area contributed by atoms with Crippen molar-refractivity contribution in [2.24, 2.45) is 0 Å². The molecule has 1 N–H and O–H groups in total. The van der Waals surface area contributed by atoms with Gasteiger partial charge in [0.15, 0.2) is 0 Å². The van der Waals surface area contributed by atoms with Crippen molar-refractivity contribution in [2.45, 2.75) is 26.7 Å². The zero-order chi connectivity index (χ0) is 18.8. The van der Waals surface area contributed by atoms with Crippen LogP contribution in [0.1, 0.15) is 33.5 Å². The highest BCUT2D eigenvalue weighted by Gasteiger charge is 2.19. The van der Waals surface area contributed by atoms with E-state index in [0.717, 1.165) is 36.5 Å². The van der Waals surface area contributed by atoms with Gasteiger partial charge in [0, 0.05) is 24.1 Å². The van der Waals surface area contributed by atoms with Gasteiger partial charge in [-0.2, -0.15) is 0 Å². The molecule has 1 aromatic heterocycles. The minimum Gasteiger partial charge on any atom is -0.326 e. The molecule has 136 valence electrons. The number of fused-ring (bicyclic) bond motifs is 1. The molecule has 2 heterocycles. The molecule has 0 saturated heterocycles. The fourth-order valence-corrected chi connectivity index (χ4v) is 3.60. The summed E-state index contributed by atoms with van der Waals surface area (Å²) in [7, 11) is 0. The molecule has 0 spiro atoms. The second-order valence-corrected chi connectivity index (χ2v) is 7.06. The molecule has 4 rings (SSSR count). The van der Waals surface area contributed by atoms with Gasteiger partial charge in [-0.15, -0.1) is 0 Å². The molecule has 2 aromatic carbocycles. The van der Waals surface area contributed by atoms with E-state index in [9.17, 15) is 4.79 Å². The molecule has 0 bridgehead atoms. The van der Waals surface area contributed by atoms with Gasteiger partial charge in [0.1, 0.15) is 5.82 Å². The van der Waals surface area contributed by atoms with E-state index in [4.69, 9.17) is 0 Å². The normalized spacial score (nSPS) is 13.2. The average Bonchev–Trinajstić information content (AvgIpc) is 2.70. The summed E-state index contributed by atoms with van der Waals surface area (Å²) in [5.74, 6) is 0.741. The van der Waals surface area contributed by atoms with Gasteiger partial charge < -0.3 is 10.2 Å². The average molecular weight is 357 g/mol. The molecule has 4 nitrogen and oxygen atoms in total. The van der Waals surface area contributed by atoms with E-state index in [2.05, 4.69) is 45.5 Å². The number of hydrogen-bond donors (Lipinski definition) is 1. The lowest BCUT2D eigenvalue weighted by atomic mass is 10.0. The van der Waals surface area contributed by atoms with Crippen molar-refractivity contribution in [3.63, 3.8) is 0 Å². The van der Waals surface area contributed by atoms with Crippen LogP contribution < -0.4 is 10.2 Å². The lowest BCUT2D eigenvalue weighted by Gasteiger charge is -2.30. The van der Waals surface area contributed by atoms with Crippen LogP contribution in [0.2, 0.25) is 0 Å². The number of anilines is 3. The van der Waals surface area contributed by atoms with Gasteiger partial charge in [0.05, 0.1) is 5.56 Å². The van der Waals surface area contributed by atoms with Crippen LogP contribution in [0.15, 0.2) is 60.8 Å². The Morgan fingerprint density at radius 3 is 2.70 bits per heavy atom. The Morgan fingerprint density at radius 1 is 1.07 bits per heavy atom. The fraction of sp³-hybridized carbons (Fsp3) is 0.217. The van der Waals surface area contributed by atoms with Crippen LogP contribution in [0.3, 0.4) is 0 Å². The summed E-state index contributed by atoms with van der Waals surface area (Å²) in [6.07, 6.45) is 3.86. The van der Waals surface area contributed by atoms with E-state index >= 15 is 0 Å². The topological polar surface area (TPSA) is 45.2 Å². The lowest BCUT2D eigenvalue weighted by molar-refractivity contribution is 0.102. The van der Waals surface area contributed by atoms with Gasteiger partial charge in [0.25, 0.3) is 5.91 Å². The number of pyridine rings is 1. The molecule has 0 atom stereocenters. The first-order valence-electron chi connectivity index (χ1n) is 9.32. The molecular formula is C23H23N3O. The van der Waals surface area contributed by atoms with E-state index in [-0.39, 0.29) is 5.91 Å². The minimum absolute atomic E-state index is 0.139. The van der Waals surface area contributed by atoms with Gasteiger partial charge in [-0.1, -0.05) is 35.9 Å². The molecule has 1 aliphatic heterocycles. The summed E-state index contributed by atoms with van der Waals surface area (Å²) < 4.78 is 0. The van der Waals surface area contributed by atoms with Crippen molar-refractivity contribution < 1.29 is 4.79 Å². The SMILES string of the molecule is Cc1ccc(NC(=O)c2ccc(N3CCCc4ccccc43)nc2)c(C)c1. The third kappa shape index (κ3) is 3.56. The Kier molecular flexibility index (Phi) is 4.63. The van der Waals surface area contributed by atoms with E-state index in [1.807, 2.05) is 38.1 Å². The van der Waals surface area contributed by atoms with Crippen LogP contribution in [0.25, 0.3) is 0 Å². The Bertz CT molecular complexity index is 979. The smallest absolute Gasteiger partial charge is 0.257 e. The summed E-state index contributed by atoms with van der Waals surface area (Å²) >= 11 is 0. The Balaban J connectivity index is 1.53. The van der Waals surface area contributed by atoms with Crippen LogP contribution in [-0.2, 0) is 6.42 Å². The molecule has 1 aliphatic rings. The fourth-order valence-electron chi connectivity index (χ4n) is 3.60. The first kappa shape index (κ1) is 17.3. The third-order valence-electron chi connectivity index (χ3n) is 5.03. The molecule has 4 heteroatoms. The van der Waals surface area contributed by atoms with Crippen LogP contribution in [0.5, 0.6) is 0 Å². The van der Waals surface area contributed by atoms with Crippen molar-refractivity contribution in [3.05, 3.63) is 83.0 Å². The van der Waals surface area contributed by atoms with Crippen LogP contribution in [0.4, 0.5) is 17.2 Å². The number of carbonyl (C=O) groups excluding carboxylic acids is 1. The summed E-state index contributed by atoms with van der Waals surface area (Å²) in [4.78, 5) is 19.4. The molecule has 0 saturated carbocycles. The molecule has 27 heavy (non-hydrogen) atoms. The number of benzene rings is 2. The number of rotatable bonds is 3. The standard InChI is InChI=1S/C23H23N3O/c1-16-9-11-20(17(2)14-16)25-23(27)19-10-12-22(24-15-19)26-13-5-7-18-6-3-4-8-21(18)26/h3-4,6,8-12,14-15H,5,7,13H2,1-2H3,(H,25,27). The van der Waals surface area contributed by atoms with Crippen LogP contribution >= 0.6 is 0 Å². The van der Waals surface area contributed by atoms with Crippen LogP contribution in [-0.4, -0.2) is 17.4 Å². The van der Waals surface area contributed by atoms with Crippen molar-refractivity contribution >= 4 is 23.1 Å². The summed E-state index contributed by atoms with van der Waals surface area (Å²) in [6, 6.07) is 18.2. The van der Waals surface area contributed by atoms with Gasteiger partial charge >= 0.3 is 0 Å². The molecule has 1 amide bonds. The molecule has 0 aliphatic carbocycles. The van der Waals surface area contributed by atoms with E-state index in [1.165, 1.54) is 16.8 Å². The predicted molar refractivity (Wildman–Crippen MR) is 110 cm³/mol. The summed E-state index contributed by atoms with van der Waals surface area (Å²) in [5.41, 5.74) is 6.19. The maximum atomic E-state index is 12.6. The first-order valence-corrected chi connectivity index (χ1v) is 9.32. The van der Waals surface area contributed by atoms with Crippen molar-refractivity contribution in [1.29, 1.82) is 0 Å². The number of hydrogen-bond acceptors (Lipinski definition) is 3. The number of aryl methyl sites for hydroxylation is 3. The zero-order valence-corrected chi connectivity index (χ0v) is 15.7. The Hall–Kier alpha value is -3.14. The van der Waals surface area contributed by atoms with E-state index in [1.54, 1.807) is 6.20 Å². The highest BCUT2D eigenvalue weighted by Crippen LogP contribution is 2.32. The quantitative estimate of drug-likeness (QED) is 0.715. The molecule has 3 aromatic rings. The molecule has 0 unspecified atom stereocenters. The zero-order valence-electron chi connectivity index (χ0n) is 15.7. The number of para-hydroxylation sites is 1. The second-order valence-electron chi connectivity index (χ2n) is 7.06. The van der Waals surface area contributed by atoms with Gasteiger partial charge in [-0.25, -0.2) is 4.98 Å². The van der Waals surface area contributed by atoms with E-state index in [0.29, 0.717) is 5.56 Å². The monoisotopic (exact) mass is 357 g/mol. The summed E-state index contributed by atoms with van der Waals surface area (Å²) in [5, 5.41) is 2.98. The largest absolute Gasteiger partial charge is 0.326 e. The summed E-state index contributed by atoms with van der Waals surface area (Å²) in [6.45, 7) is 4.98. The van der Waals surface area contributed by atoms with Crippen molar-refractivity contribution in [2.75, 3.05) is 16.8 Å². The Morgan fingerprint density at radius 2 is 1.93 bits per heavy atom. The minimum atomic E-state index is -0.139. The Labute approximate surface area is 159 Å². The van der Waals surface area contributed by atoms with E-state index < -0.39 is 0 Å². The molecule has 0 radical (unpaired) electrons. The number of nitrogens with zero attached hydrogens (tertiary/aromatic N) is 2. The van der Waals surface area contributed by atoms with Gasteiger partial charge in [-0.05, 0) is 62.1 Å². The highest BCUT2D eigenvalue weighted by atomic mass is 16.1. The number of amides is 1. The number of aromatic nitrogens is 1. The lowest BCUT2D eigenvalue weighted by Crippen LogP contribution is -2.25. The number of carbonyl (C=O) groups is 1. The van der Waals surface area contributed by atoms with Gasteiger partial charge in [0.2, 0.25) is 0 Å². The maximum Gasteiger partial charge on any atom is 0.257 e. The highest BCUT2D eigenvalue weighted by molar-refractivity contribution is 6.04. The predicted octanol–water partition coefficient (Wildman–Crippen LogP) is 5.04. The second kappa shape index (κ2) is 7.23. The number of nitrogens with one attached hydrogen (secondary N) is 1. The maximum absolute atomic E-state index is 12.6. The first-order chi connectivity index (χ1) is 13.1. The van der Waals surface area contributed by atoms with Crippen molar-refractivity contribution in [1.82, 2.24) is 4.98 Å². The van der Waals surface area contributed by atoms with Crippen molar-refractivity contribution in [3.8, 4) is 0 Å². The third-order valence-corrected chi connectivity index (χ3v) is 5.03. The van der Waals surface area contributed by atoms with Gasteiger partial charge in [-0.3, -0.25) is 4.79 Å². The van der Waals surface area contributed by atoms with Crippen LogP contribution in [0, 0.1) is 13.8 Å².